The first-order valence-electron chi connectivity index (χ1n) is 18.8. The summed E-state index contributed by atoms with van der Waals surface area (Å²) in [6.45, 7) is 0. The Bertz CT molecular complexity index is 2980. The van der Waals surface area contributed by atoms with Gasteiger partial charge >= 0.3 is 0 Å². The van der Waals surface area contributed by atoms with Crippen LogP contribution >= 0.6 is 0 Å². The lowest BCUT2D eigenvalue weighted by Crippen LogP contribution is -1.97. The zero-order valence-electron chi connectivity index (χ0n) is 30.4. The van der Waals surface area contributed by atoms with Gasteiger partial charge in [0.1, 0.15) is 0 Å². The molecule has 56 heavy (non-hydrogen) atoms. The largest absolute Gasteiger partial charge is 0.256 e. The maximum atomic E-state index is 5.32. The maximum absolute atomic E-state index is 5.32. The molecule has 262 valence electrons. The second-order valence-corrected chi connectivity index (χ2v) is 13.9. The fourth-order valence-electron chi connectivity index (χ4n) is 7.40. The number of hydrogen-bond acceptors (Lipinski definition) is 4. The van der Waals surface area contributed by atoms with Crippen LogP contribution in [0, 0.1) is 0 Å². The average Bonchev–Trinajstić information content (AvgIpc) is 3.29. The predicted molar refractivity (Wildman–Crippen MR) is 231 cm³/mol. The molecule has 4 heteroatoms. The number of pyridine rings is 2. The second kappa shape index (κ2) is 14.3. The quantitative estimate of drug-likeness (QED) is 0.165. The van der Waals surface area contributed by atoms with Crippen molar-refractivity contribution in [2.24, 2.45) is 0 Å². The number of hydrogen-bond donors (Lipinski definition) is 0. The molecule has 0 saturated carbocycles. The van der Waals surface area contributed by atoms with Gasteiger partial charge in [0.2, 0.25) is 0 Å². The van der Waals surface area contributed by atoms with Gasteiger partial charge in [-0.1, -0.05) is 146 Å². The lowest BCUT2D eigenvalue weighted by atomic mass is 9.94. The van der Waals surface area contributed by atoms with Crippen LogP contribution in [0.1, 0.15) is 0 Å². The Labute approximate surface area is 325 Å². The number of fused-ring (bicyclic) bond motifs is 2. The van der Waals surface area contributed by atoms with Gasteiger partial charge in [0.05, 0.1) is 28.1 Å². The predicted octanol–water partition coefficient (Wildman–Crippen LogP) is 13.2. The molecule has 0 spiro atoms. The Morgan fingerprint density at radius 3 is 1.55 bits per heavy atom. The summed E-state index contributed by atoms with van der Waals surface area (Å²) in [6.07, 6.45) is 1.83. The van der Waals surface area contributed by atoms with Crippen molar-refractivity contribution >= 4 is 21.8 Å². The van der Waals surface area contributed by atoms with Crippen LogP contribution in [0.5, 0.6) is 0 Å². The molecule has 0 aliphatic heterocycles. The zero-order chi connectivity index (χ0) is 37.3. The molecular formula is C52H34N4. The Morgan fingerprint density at radius 2 is 0.857 bits per heavy atom. The molecule has 7 aromatic carbocycles. The van der Waals surface area contributed by atoms with E-state index in [0.717, 1.165) is 94.5 Å². The van der Waals surface area contributed by atoms with Crippen LogP contribution < -0.4 is 0 Å². The highest BCUT2D eigenvalue weighted by Crippen LogP contribution is 2.37. The molecule has 0 unspecified atom stereocenters. The van der Waals surface area contributed by atoms with Crippen molar-refractivity contribution in [1.82, 2.24) is 19.9 Å². The lowest BCUT2D eigenvalue weighted by Gasteiger charge is -2.14. The van der Waals surface area contributed by atoms with Gasteiger partial charge in [-0.15, -0.1) is 0 Å². The van der Waals surface area contributed by atoms with Crippen molar-refractivity contribution in [2.75, 3.05) is 0 Å². The lowest BCUT2D eigenvalue weighted by molar-refractivity contribution is 1.23. The molecule has 10 aromatic rings. The number of rotatable bonds is 7. The molecular weight excluding hydrogens is 681 g/mol. The summed E-state index contributed by atoms with van der Waals surface area (Å²) in [5, 5.41) is 2.15. The summed E-state index contributed by atoms with van der Waals surface area (Å²) in [5.41, 5.74) is 15.4. The molecule has 0 aliphatic carbocycles. The van der Waals surface area contributed by atoms with Gasteiger partial charge in [0.25, 0.3) is 0 Å². The molecule has 3 aromatic heterocycles. The minimum atomic E-state index is 0.673. The van der Waals surface area contributed by atoms with Crippen molar-refractivity contribution in [3.63, 3.8) is 0 Å². The third-order valence-corrected chi connectivity index (χ3v) is 10.3. The molecule has 0 radical (unpaired) electrons. The van der Waals surface area contributed by atoms with E-state index in [0.29, 0.717) is 5.82 Å². The molecule has 0 fully saturated rings. The van der Waals surface area contributed by atoms with Crippen LogP contribution in [-0.4, -0.2) is 19.9 Å². The molecule has 10 rings (SSSR count). The fraction of sp³-hybridized carbons (Fsp3) is 0. The molecule has 0 bridgehead atoms. The topological polar surface area (TPSA) is 51.6 Å². The van der Waals surface area contributed by atoms with Gasteiger partial charge in [-0.2, -0.15) is 0 Å². The Kier molecular flexibility index (Phi) is 8.47. The van der Waals surface area contributed by atoms with Gasteiger partial charge in [-0.05, 0) is 88.0 Å². The van der Waals surface area contributed by atoms with E-state index in [-0.39, 0.29) is 0 Å². The van der Waals surface area contributed by atoms with E-state index in [4.69, 9.17) is 15.0 Å². The Morgan fingerprint density at radius 1 is 0.286 bits per heavy atom. The summed E-state index contributed by atoms with van der Waals surface area (Å²) in [4.78, 5) is 20.1. The SMILES string of the molecule is c1ccc(-c2ccc3c(-c4ccccc4)nc(-c4cc(-c5ccc(-c6ccccn6)cc5)cc(-c5ccc(-c6ccc7ccccc7n6)cc5)c4)nc3c2)cc1. The minimum Gasteiger partial charge on any atom is -0.256 e. The molecule has 0 atom stereocenters. The Hall–Kier alpha value is -7.56. The summed E-state index contributed by atoms with van der Waals surface area (Å²) >= 11 is 0. The van der Waals surface area contributed by atoms with E-state index in [1.54, 1.807) is 0 Å². The first-order chi connectivity index (χ1) is 27.7. The summed E-state index contributed by atoms with van der Waals surface area (Å²) in [5.74, 6) is 0.673. The highest BCUT2D eigenvalue weighted by molar-refractivity contribution is 5.96. The first kappa shape index (κ1) is 33.0. The average molecular weight is 715 g/mol. The summed E-state index contributed by atoms with van der Waals surface area (Å²) in [6, 6.07) is 69.8. The highest BCUT2D eigenvalue weighted by Gasteiger charge is 2.16. The third-order valence-electron chi connectivity index (χ3n) is 10.3. The van der Waals surface area contributed by atoms with Gasteiger partial charge in [-0.25, -0.2) is 15.0 Å². The van der Waals surface area contributed by atoms with E-state index in [1.165, 1.54) is 0 Å². The molecule has 3 heterocycles. The molecule has 0 aliphatic rings. The number of benzene rings is 7. The van der Waals surface area contributed by atoms with Crippen molar-refractivity contribution in [2.45, 2.75) is 0 Å². The number of para-hydroxylation sites is 1. The smallest absolute Gasteiger partial charge is 0.160 e. The van der Waals surface area contributed by atoms with Gasteiger partial charge in [0, 0.05) is 39.2 Å². The summed E-state index contributed by atoms with van der Waals surface area (Å²) in [7, 11) is 0. The second-order valence-electron chi connectivity index (χ2n) is 13.9. The molecule has 4 nitrogen and oxygen atoms in total. The monoisotopic (exact) mass is 714 g/mol. The van der Waals surface area contributed by atoms with Gasteiger partial charge in [0.15, 0.2) is 5.82 Å². The molecule has 0 amide bonds. The summed E-state index contributed by atoms with van der Waals surface area (Å²) < 4.78 is 0. The molecule has 0 N–H and O–H groups in total. The van der Waals surface area contributed by atoms with E-state index in [9.17, 15) is 0 Å². The number of aromatic nitrogens is 4. The molecule has 0 saturated heterocycles. The van der Waals surface area contributed by atoms with E-state index in [2.05, 4.69) is 163 Å². The van der Waals surface area contributed by atoms with Crippen molar-refractivity contribution in [3.05, 3.63) is 206 Å². The van der Waals surface area contributed by atoms with E-state index >= 15 is 0 Å². The van der Waals surface area contributed by atoms with Crippen LogP contribution in [-0.2, 0) is 0 Å². The van der Waals surface area contributed by atoms with Crippen LogP contribution in [0.3, 0.4) is 0 Å². The van der Waals surface area contributed by atoms with Crippen LogP contribution in [0.25, 0.3) is 100 Å². The fourth-order valence-corrected chi connectivity index (χ4v) is 7.40. The minimum absolute atomic E-state index is 0.673. The van der Waals surface area contributed by atoms with Crippen LogP contribution in [0.2, 0.25) is 0 Å². The standard InChI is InChI=1S/C52H34N4/c1-3-11-35(12-4-1)42-26-28-46-50(34-42)55-52(56-51(46)41-14-5-2-6-15-41)45-32-43(36-18-22-39(23-19-36)47-16-9-10-30-53-47)31-44(33-45)37-20-24-40(25-21-37)49-29-27-38-13-7-8-17-48(38)54-49/h1-34H. The zero-order valence-corrected chi connectivity index (χ0v) is 30.4. The van der Waals surface area contributed by atoms with Crippen LogP contribution in [0.15, 0.2) is 206 Å². The third kappa shape index (κ3) is 6.50. The van der Waals surface area contributed by atoms with Gasteiger partial charge in [-0.3, -0.25) is 4.98 Å². The highest BCUT2D eigenvalue weighted by atomic mass is 14.9. The van der Waals surface area contributed by atoms with Crippen LogP contribution in [0.4, 0.5) is 0 Å². The van der Waals surface area contributed by atoms with E-state index < -0.39 is 0 Å². The van der Waals surface area contributed by atoms with Gasteiger partial charge < -0.3 is 0 Å². The van der Waals surface area contributed by atoms with Crippen molar-refractivity contribution in [1.29, 1.82) is 0 Å². The van der Waals surface area contributed by atoms with E-state index in [1.807, 2.05) is 48.7 Å². The normalized spacial score (nSPS) is 11.2. The first-order valence-corrected chi connectivity index (χ1v) is 18.8. The number of nitrogens with zero attached hydrogens (tertiary/aromatic N) is 4. The maximum Gasteiger partial charge on any atom is 0.160 e. The Balaban J connectivity index is 1.12. The van der Waals surface area contributed by atoms with Crippen molar-refractivity contribution < 1.29 is 0 Å². The van der Waals surface area contributed by atoms with Crippen molar-refractivity contribution in [3.8, 4) is 78.5 Å².